The van der Waals surface area contributed by atoms with Crippen molar-refractivity contribution < 1.29 is 0 Å². The summed E-state index contributed by atoms with van der Waals surface area (Å²) in [5.41, 5.74) is 10.1. The first-order valence-corrected chi connectivity index (χ1v) is 11.7. The third-order valence-electron chi connectivity index (χ3n) is 6.64. The van der Waals surface area contributed by atoms with Crippen LogP contribution in [0.1, 0.15) is 22.3 Å². The summed E-state index contributed by atoms with van der Waals surface area (Å²) in [7, 11) is 0. The van der Waals surface area contributed by atoms with Gasteiger partial charge in [-0.15, -0.1) is 0 Å². The normalized spacial score (nSPS) is 13.4. The second kappa shape index (κ2) is 7.62. The van der Waals surface area contributed by atoms with E-state index in [1.165, 1.54) is 44.5 Å². The average Bonchev–Trinajstić information content (AvgIpc) is 3.16. The summed E-state index contributed by atoms with van der Waals surface area (Å²) in [4.78, 5) is 0. The zero-order valence-corrected chi connectivity index (χ0v) is 19.1. The highest BCUT2D eigenvalue weighted by molar-refractivity contribution is 9.10. The minimum atomic E-state index is -0.327. The lowest BCUT2D eigenvalue weighted by Crippen LogP contribution is -2.28. The number of benzene rings is 5. The number of rotatable bonds is 3. The first kappa shape index (κ1) is 19.3. The summed E-state index contributed by atoms with van der Waals surface area (Å²) < 4.78 is 1.10. The first-order chi connectivity index (χ1) is 15.8. The van der Waals surface area contributed by atoms with Crippen LogP contribution in [0.15, 0.2) is 132 Å². The molecule has 0 atom stereocenters. The van der Waals surface area contributed by atoms with Gasteiger partial charge in [-0.2, -0.15) is 0 Å². The van der Waals surface area contributed by atoms with E-state index in [4.69, 9.17) is 0 Å². The highest BCUT2D eigenvalue weighted by atomic mass is 79.9. The van der Waals surface area contributed by atoms with Gasteiger partial charge >= 0.3 is 0 Å². The van der Waals surface area contributed by atoms with Crippen LogP contribution >= 0.6 is 15.9 Å². The molecule has 1 heteroatoms. The van der Waals surface area contributed by atoms with Crippen LogP contribution in [0.25, 0.3) is 22.3 Å². The maximum atomic E-state index is 3.56. The molecule has 0 N–H and O–H groups in total. The molecule has 0 radical (unpaired) electrons. The molecule has 5 aromatic rings. The molecule has 32 heavy (non-hydrogen) atoms. The zero-order valence-electron chi connectivity index (χ0n) is 17.5. The second-order valence-electron chi connectivity index (χ2n) is 8.29. The third-order valence-corrected chi connectivity index (χ3v) is 7.16. The van der Waals surface area contributed by atoms with Crippen LogP contribution in [0.3, 0.4) is 0 Å². The van der Waals surface area contributed by atoms with E-state index in [2.05, 4.69) is 143 Å². The molecule has 152 valence electrons. The van der Waals surface area contributed by atoms with E-state index < -0.39 is 0 Å². The highest BCUT2D eigenvalue weighted by Crippen LogP contribution is 2.56. The number of halogens is 1. The molecule has 0 saturated carbocycles. The molecule has 0 aliphatic heterocycles. The van der Waals surface area contributed by atoms with Crippen molar-refractivity contribution in [1.29, 1.82) is 0 Å². The van der Waals surface area contributed by atoms with E-state index in [0.717, 1.165) is 4.47 Å². The molecule has 0 unspecified atom stereocenters. The van der Waals surface area contributed by atoms with Crippen molar-refractivity contribution in [2.75, 3.05) is 0 Å². The van der Waals surface area contributed by atoms with E-state index in [1.807, 2.05) is 0 Å². The van der Waals surface area contributed by atoms with Crippen LogP contribution < -0.4 is 0 Å². The molecule has 0 fully saturated rings. The van der Waals surface area contributed by atoms with Gasteiger partial charge in [0.25, 0.3) is 0 Å². The Morgan fingerprint density at radius 1 is 0.438 bits per heavy atom. The van der Waals surface area contributed by atoms with E-state index in [1.54, 1.807) is 0 Å². The maximum absolute atomic E-state index is 3.56. The Bertz CT molecular complexity index is 1360. The van der Waals surface area contributed by atoms with Gasteiger partial charge < -0.3 is 0 Å². The van der Waals surface area contributed by atoms with Crippen LogP contribution in [0.4, 0.5) is 0 Å². The lowest BCUT2D eigenvalue weighted by Gasteiger charge is -2.33. The Morgan fingerprint density at radius 3 is 1.62 bits per heavy atom. The minimum absolute atomic E-state index is 0.327. The molecule has 0 aromatic heterocycles. The monoisotopic (exact) mass is 472 g/mol. The predicted molar refractivity (Wildman–Crippen MR) is 137 cm³/mol. The van der Waals surface area contributed by atoms with E-state index >= 15 is 0 Å². The van der Waals surface area contributed by atoms with Gasteiger partial charge in [0.2, 0.25) is 0 Å². The van der Waals surface area contributed by atoms with Gasteiger partial charge in [0.05, 0.1) is 5.41 Å². The molecular formula is C31H21Br. The van der Waals surface area contributed by atoms with Gasteiger partial charge in [0, 0.05) is 4.47 Å². The number of hydrogen-bond acceptors (Lipinski definition) is 0. The Hall–Kier alpha value is -3.42. The van der Waals surface area contributed by atoms with Crippen LogP contribution in [0, 0.1) is 0 Å². The van der Waals surface area contributed by atoms with Crippen molar-refractivity contribution in [2.24, 2.45) is 0 Å². The topological polar surface area (TPSA) is 0 Å². The third kappa shape index (κ3) is 2.82. The molecule has 1 aliphatic carbocycles. The standard InChI is InChI=1S/C31H21Br/c32-26-18-15-22(16-19-26)23-17-20-30-28(21-23)27-13-7-8-14-29(27)31(30,24-9-3-1-4-10-24)25-11-5-2-6-12-25/h1-21H. The summed E-state index contributed by atoms with van der Waals surface area (Å²) in [5, 5.41) is 0. The fourth-order valence-electron chi connectivity index (χ4n) is 5.27. The second-order valence-corrected chi connectivity index (χ2v) is 9.21. The summed E-state index contributed by atoms with van der Waals surface area (Å²) in [6.45, 7) is 0. The molecule has 5 aromatic carbocycles. The molecular weight excluding hydrogens is 452 g/mol. The Morgan fingerprint density at radius 2 is 0.969 bits per heavy atom. The molecule has 0 nitrogen and oxygen atoms in total. The highest BCUT2D eigenvalue weighted by Gasteiger charge is 2.45. The summed E-state index contributed by atoms with van der Waals surface area (Å²) in [5.74, 6) is 0. The van der Waals surface area contributed by atoms with Gasteiger partial charge in [0.15, 0.2) is 0 Å². The zero-order chi connectivity index (χ0) is 21.5. The lowest BCUT2D eigenvalue weighted by molar-refractivity contribution is 0.768. The lowest BCUT2D eigenvalue weighted by atomic mass is 9.67. The molecule has 0 spiro atoms. The van der Waals surface area contributed by atoms with Gasteiger partial charge in [-0.05, 0) is 62.7 Å². The van der Waals surface area contributed by atoms with Crippen molar-refractivity contribution in [1.82, 2.24) is 0 Å². The Labute approximate surface area is 197 Å². The Kier molecular flexibility index (Phi) is 4.59. The quantitative estimate of drug-likeness (QED) is 0.242. The van der Waals surface area contributed by atoms with Crippen molar-refractivity contribution in [3.05, 3.63) is 154 Å². The van der Waals surface area contributed by atoms with E-state index in [0.29, 0.717) is 0 Å². The van der Waals surface area contributed by atoms with Crippen molar-refractivity contribution in [3.63, 3.8) is 0 Å². The molecule has 0 saturated heterocycles. The minimum Gasteiger partial charge on any atom is -0.0622 e. The molecule has 6 rings (SSSR count). The molecule has 0 amide bonds. The van der Waals surface area contributed by atoms with E-state index in [9.17, 15) is 0 Å². The summed E-state index contributed by atoms with van der Waals surface area (Å²) in [6.07, 6.45) is 0. The van der Waals surface area contributed by atoms with Crippen LogP contribution in [0.5, 0.6) is 0 Å². The van der Waals surface area contributed by atoms with Gasteiger partial charge in [-0.25, -0.2) is 0 Å². The van der Waals surface area contributed by atoms with Crippen molar-refractivity contribution in [3.8, 4) is 22.3 Å². The average molecular weight is 473 g/mol. The largest absolute Gasteiger partial charge is 0.0713 e. The van der Waals surface area contributed by atoms with Gasteiger partial charge in [-0.3, -0.25) is 0 Å². The molecule has 1 aliphatic rings. The number of hydrogen-bond donors (Lipinski definition) is 0. The fraction of sp³-hybridized carbons (Fsp3) is 0.0323. The van der Waals surface area contributed by atoms with Gasteiger partial charge in [0.1, 0.15) is 0 Å². The van der Waals surface area contributed by atoms with Crippen LogP contribution in [-0.2, 0) is 5.41 Å². The SMILES string of the molecule is Brc1ccc(-c2ccc3c(c2)-c2ccccc2C3(c2ccccc2)c2ccccc2)cc1. The molecule has 0 heterocycles. The summed E-state index contributed by atoms with van der Waals surface area (Å²) in [6, 6.07) is 46.3. The molecule has 0 bridgehead atoms. The Balaban J connectivity index is 1.69. The first-order valence-electron chi connectivity index (χ1n) is 10.9. The van der Waals surface area contributed by atoms with Crippen LogP contribution in [0.2, 0.25) is 0 Å². The smallest absolute Gasteiger partial charge is 0.0622 e. The van der Waals surface area contributed by atoms with Crippen molar-refractivity contribution >= 4 is 15.9 Å². The van der Waals surface area contributed by atoms with E-state index in [-0.39, 0.29) is 5.41 Å². The fourth-order valence-corrected chi connectivity index (χ4v) is 5.54. The van der Waals surface area contributed by atoms with Crippen LogP contribution in [-0.4, -0.2) is 0 Å². The summed E-state index contributed by atoms with van der Waals surface area (Å²) >= 11 is 3.56. The van der Waals surface area contributed by atoms with Crippen molar-refractivity contribution in [2.45, 2.75) is 5.41 Å². The van der Waals surface area contributed by atoms with Gasteiger partial charge in [-0.1, -0.05) is 125 Å². The maximum Gasteiger partial charge on any atom is 0.0713 e. The number of fused-ring (bicyclic) bond motifs is 3. The predicted octanol–water partition coefficient (Wildman–Crippen LogP) is 8.48.